The Balaban J connectivity index is 0.00000441. The zero-order valence-corrected chi connectivity index (χ0v) is 13.8. The molecule has 0 saturated carbocycles. The molecule has 0 aromatic heterocycles. The minimum atomic E-state index is -2.85. The molecule has 0 bridgehead atoms. The first-order valence-electron chi connectivity index (χ1n) is 6.91. The van der Waals surface area contributed by atoms with Crippen molar-refractivity contribution in [2.75, 3.05) is 0 Å². The third-order valence-corrected chi connectivity index (χ3v) is 3.24. The monoisotopic (exact) mass is 336 g/mol. The Morgan fingerprint density at radius 3 is 2.36 bits per heavy atom. The van der Waals surface area contributed by atoms with Gasteiger partial charge in [-0.15, -0.1) is 12.4 Å². The molecule has 1 aromatic rings. The molecule has 0 fully saturated rings. The van der Waals surface area contributed by atoms with Gasteiger partial charge in [-0.2, -0.15) is 8.78 Å². The van der Waals surface area contributed by atoms with E-state index < -0.39 is 12.2 Å². The summed E-state index contributed by atoms with van der Waals surface area (Å²) in [5.41, 5.74) is 5.83. The van der Waals surface area contributed by atoms with Crippen molar-refractivity contribution in [2.45, 2.75) is 51.8 Å². The van der Waals surface area contributed by atoms with Gasteiger partial charge in [-0.1, -0.05) is 25.5 Å². The van der Waals surface area contributed by atoms with Gasteiger partial charge in [0.2, 0.25) is 5.91 Å². The average Bonchev–Trinajstić information content (AvgIpc) is 2.38. The van der Waals surface area contributed by atoms with Gasteiger partial charge in [0.25, 0.3) is 0 Å². The van der Waals surface area contributed by atoms with Crippen molar-refractivity contribution in [2.24, 2.45) is 5.73 Å². The second-order valence-corrected chi connectivity index (χ2v) is 5.31. The van der Waals surface area contributed by atoms with Crippen molar-refractivity contribution < 1.29 is 18.3 Å². The summed E-state index contributed by atoms with van der Waals surface area (Å²) >= 11 is 0. The van der Waals surface area contributed by atoms with E-state index in [-0.39, 0.29) is 30.1 Å². The SMILES string of the molecule is CCCC(C)(N)C(=O)NC(C)c1ccc(OC(F)F)cc1.Cl. The molecule has 1 amide bonds. The number of nitrogens with two attached hydrogens (primary N) is 1. The first-order valence-corrected chi connectivity index (χ1v) is 6.91. The number of rotatable bonds is 7. The van der Waals surface area contributed by atoms with Crippen LogP contribution in [0.3, 0.4) is 0 Å². The number of amides is 1. The molecule has 126 valence electrons. The lowest BCUT2D eigenvalue weighted by Crippen LogP contribution is -2.52. The van der Waals surface area contributed by atoms with Crippen molar-refractivity contribution >= 4 is 18.3 Å². The Hall–Kier alpha value is -1.40. The molecule has 2 unspecified atom stereocenters. The molecule has 0 radical (unpaired) electrons. The Labute approximate surface area is 135 Å². The fourth-order valence-electron chi connectivity index (χ4n) is 2.02. The highest BCUT2D eigenvalue weighted by atomic mass is 35.5. The maximum Gasteiger partial charge on any atom is 0.387 e. The van der Waals surface area contributed by atoms with Crippen LogP contribution in [0.25, 0.3) is 0 Å². The van der Waals surface area contributed by atoms with E-state index in [1.165, 1.54) is 12.1 Å². The molecule has 0 aliphatic rings. The number of alkyl halides is 2. The van der Waals surface area contributed by atoms with Crippen molar-refractivity contribution in [3.8, 4) is 5.75 Å². The van der Waals surface area contributed by atoms with Crippen LogP contribution in [-0.2, 0) is 4.79 Å². The van der Waals surface area contributed by atoms with Crippen LogP contribution in [0.5, 0.6) is 5.75 Å². The van der Waals surface area contributed by atoms with Crippen molar-refractivity contribution in [1.82, 2.24) is 5.32 Å². The van der Waals surface area contributed by atoms with E-state index in [4.69, 9.17) is 5.73 Å². The van der Waals surface area contributed by atoms with E-state index in [0.717, 1.165) is 12.0 Å². The molecule has 0 aliphatic heterocycles. The molecule has 1 aromatic carbocycles. The number of carbonyl (C=O) groups is 1. The van der Waals surface area contributed by atoms with E-state index >= 15 is 0 Å². The number of ether oxygens (including phenoxy) is 1. The van der Waals surface area contributed by atoms with Crippen LogP contribution in [0.15, 0.2) is 24.3 Å². The van der Waals surface area contributed by atoms with Gasteiger partial charge in [-0.3, -0.25) is 4.79 Å². The minimum absolute atomic E-state index is 0. The van der Waals surface area contributed by atoms with Crippen LogP contribution in [0.2, 0.25) is 0 Å². The second kappa shape index (κ2) is 8.90. The zero-order chi connectivity index (χ0) is 16.0. The predicted octanol–water partition coefficient (Wildman–Crippen LogP) is 3.40. The normalized spacial score (nSPS) is 14.7. The molecule has 2 atom stereocenters. The highest BCUT2D eigenvalue weighted by molar-refractivity contribution is 5.86. The van der Waals surface area contributed by atoms with Gasteiger partial charge in [-0.25, -0.2) is 0 Å². The van der Waals surface area contributed by atoms with Gasteiger partial charge >= 0.3 is 6.61 Å². The van der Waals surface area contributed by atoms with Crippen LogP contribution >= 0.6 is 12.4 Å². The lowest BCUT2D eigenvalue weighted by atomic mass is 9.95. The third kappa shape index (κ3) is 6.15. The Kier molecular flexibility index (Phi) is 8.34. The van der Waals surface area contributed by atoms with Crippen LogP contribution in [0.4, 0.5) is 8.78 Å². The van der Waals surface area contributed by atoms with E-state index in [9.17, 15) is 13.6 Å². The van der Waals surface area contributed by atoms with Gasteiger partial charge in [0.15, 0.2) is 0 Å². The van der Waals surface area contributed by atoms with Crippen LogP contribution in [0, 0.1) is 0 Å². The number of hydrogen-bond acceptors (Lipinski definition) is 3. The Bertz CT molecular complexity index is 467. The number of nitrogens with one attached hydrogen (secondary N) is 1. The number of hydrogen-bond donors (Lipinski definition) is 2. The lowest BCUT2D eigenvalue weighted by Gasteiger charge is -2.25. The van der Waals surface area contributed by atoms with E-state index in [2.05, 4.69) is 10.1 Å². The molecule has 0 aliphatic carbocycles. The summed E-state index contributed by atoms with van der Waals surface area (Å²) in [6, 6.07) is 5.89. The Morgan fingerprint density at radius 1 is 1.36 bits per heavy atom. The third-order valence-electron chi connectivity index (χ3n) is 3.24. The van der Waals surface area contributed by atoms with Crippen LogP contribution in [0.1, 0.15) is 45.2 Å². The molecule has 0 spiro atoms. The second-order valence-electron chi connectivity index (χ2n) is 5.31. The first-order chi connectivity index (χ1) is 9.76. The van der Waals surface area contributed by atoms with E-state index in [0.29, 0.717) is 6.42 Å². The highest BCUT2D eigenvalue weighted by Crippen LogP contribution is 2.20. The maximum atomic E-state index is 12.1. The topological polar surface area (TPSA) is 64.4 Å². The summed E-state index contributed by atoms with van der Waals surface area (Å²) in [7, 11) is 0. The number of carbonyl (C=O) groups excluding carboxylic acids is 1. The average molecular weight is 337 g/mol. The zero-order valence-electron chi connectivity index (χ0n) is 12.9. The summed E-state index contributed by atoms with van der Waals surface area (Å²) in [5, 5.41) is 2.83. The highest BCUT2D eigenvalue weighted by Gasteiger charge is 2.28. The van der Waals surface area contributed by atoms with Gasteiger partial charge < -0.3 is 15.8 Å². The predicted molar refractivity (Wildman–Crippen MR) is 84.4 cm³/mol. The lowest BCUT2D eigenvalue weighted by molar-refractivity contribution is -0.126. The molecular weight excluding hydrogens is 314 g/mol. The molecular formula is C15H23ClF2N2O2. The molecule has 0 saturated heterocycles. The van der Waals surface area contributed by atoms with Crippen LogP contribution < -0.4 is 15.8 Å². The summed E-state index contributed by atoms with van der Waals surface area (Å²) in [5.74, 6) is -0.147. The summed E-state index contributed by atoms with van der Waals surface area (Å²) in [6.45, 7) is 2.62. The van der Waals surface area contributed by atoms with Gasteiger partial charge in [0.05, 0.1) is 11.6 Å². The van der Waals surface area contributed by atoms with Crippen molar-refractivity contribution in [1.29, 1.82) is 0 Å². The van der Waals surface area contributed by atoms with Crippen molar-refractivity contribution in [3.05, 3.63) is 29.8 Å². The van der Waals surface area contributed by atoms with Crippen molar-refractivity contribution in [3.63, 3.8) is 0 Å². The van der Waals surface area contributed by atoms with Gasteiger partial charge in [0.1, 0.15) is 5.75 Å². The molecule has 7 heteroatoms. The molecule has 0 heterocycles. The number of halogens is 3. The maximum absolute atomic E-state index is 12.1. The standard InChI is InChI=1S/C15H22F2N2O2.ClH/c1-4-9-15(3,18)13(20)19-10(2)11-5-7-12(8-6-11)21-14(16)17;/h5-8,10,14H,4,9,18H2,1-3H3,(H,19,20);1H. The molecule has 3 N–H and O–H groups in total. The fourth-order valence-corrected chi connectivity index (χ4v) is 2.02. The van der Waals surface area contributed by atoms with E-state index in [1.807, 2.05) is 13.8 Å². The van der Waals surface area contributed by atoms with Gasteiger partial charge in [-0.05, 0) is 38.0 Å². The number of benzene rings is 1. The largest absolute Gasteiger partial charge is 0.435 e. The van der Waals surface area contributed by atoms with Gasteiger partial charge in [0, 0.05) is 0 Å². The first kappa shape index (κ1) is 20.6. The molecule has 4 nitrogen and oxygen atoms in total. The molecule has 1 rings (SSSR count). The molecule has 22 heavy (non-hydrogen) atoms. The summed E-state index contributed by atoms with van der Waals surface area (Å²) in [4.78, 5) is 12.1. The summed E-state index contributed by atoms with van der Waals surface area (Å²) < 4.78 is 28.4. The quantitative estimate of drug-likeness (QED) is 0.802. The minimum Gasteiger partial charge on any atom is -0.435 e. The van der Waals surface area contributed by atoms with E-state index in [1.54, 1.807) is 19.1 Å². The smallest absolute Gasteiger partial charge is 0.387 e. The fraction of sp³-hybridized carbons (Fsp3) is 0.533. The summed E-state index contributed by atoms with van der Waals surface area (Å²) in [6.07, 6.45) is 1.40. The van der Waals surface area contributed by atoms with Crippen LogP contribution in [-0.4, -0.2) is 18.1 Å². The Morgan fingerprint density at radius 2 is 1.91 bits per heavy atom.